The SMILES string of the molecule is Cc1ccc([C@@H](C)NC(=O)C2(C)COCC2N)cc1. The van der Waals surface area contributed by atoms with E-state index < -0.39 is 5.41 Å². The van der Waals surface area contributed by atoms with Gasteiger partial charge in [-0.2, -0.15) is 0 Å². The minimum atomic E-state index is -0.626. The second-order valence-corrected chi connectivity index (χ2v) is 5.64. The van der Waals surface area contributed by atoms with Crippen molar-refractivity contribution in [2.45, 2.75) is 32.9 Å². The van der Waals surface area contributed by atoms with Crippen molar-refractivity contribution in [1.82, 2.24) is 5.32 Å². The van der Waals surface area contributed by atoms with Crippen molar-refractivity contribution in [2.75, 3.05) is 13.2 Å². The molecule has 3 atom stereocenters. The van der Waals surface area contributed by atoms with E-state index in [0.29, 0.717) is 13.2 Å². The standard InChI is InChI=1S/C15H22N2O2/c1-10-4-6-12(7-5-10)11(2)17-14(18)15(3)9-19-8-13(15)16/h4-7,11,13H,8-9,16H2,1-3H3,(H,17,18)/t11-,13?,15?/m1/s1. The summed E-state index contributed by atoms with van der Waals surface area (Å²) in [7, 11) is 0. The Labute approximate surface area is 114 Å². The molecule has 0 aliphatic carbocycles. The molecule has 0 saturated carbocycles. The number of rotatable bonds is 3. The van der Waals surface area contributed by atoms with Crippen LogP contribution in [0.5, 0.6) is 0 Å². The summed E-state index contributed by atoms with van der Waals surface area (Å²) in [5.74, 6) is -0.0365. The lowest BCUT2D eigenvalue weighted by Gasteiger charge is -2.27. The Morgan fingerprint density at radius 2 is 2.11 bits per heavy atom. The summed E-state index contributed by atoms with van der Waals surface area (Å²) in [5.41, 5.74) is 7.64. The van der Waals surface area contributed by atoms with E-state index in [0.717, 1.165) is 5.56 Å². The molecule has 1 aliphatic heterocycles. The molecule has 1 aliphatic rings. The fourth-order valence-electron chi connectivity index (χ4n) is 2.22. The number of amides is 1. The van der Waals surface area contributed by atoms with Crippen molar-refractivity contribution < 1.29 is 9.53 Å². The normalized spacial score (nSPS) is 28.1. The highest BCUT2D eigenvalue weighted by molar-refractivity contribution is 5.84. The van der Waals surface area contributed by atoms with Crippen LogP contribution in [0.4, 0.5) is 0 Å². The summed E-state index contributed by atoms with van der Waals surface area (Å²) in [6, 6.07) is 7.89. The molecule has 1 heterocycles. The van der Waals surface area contributed by atoms with Crippen molar-refractivity contribution in [1.29, 1.82) is 0 Å². The molecule has 1 amide bonds. The fraction of sp³-hybridized carbons (Fsp3) is 0.533. The molecule has 0 radical (unpaired) electrons. The molecule has 0 bridgehead atoms. The molecule has 4 heteroatoms. The summed E-state index contributed by atoms with van der Waals surface area (Å²) in [6.45, 7) is 6.72. The summed E-state index contributed by atoms with van der Waals surface area (Å²) in [5, 5.41) is 3.03. The maximum atomic E-state index is 12.4. The van der Waals surface area contributed by atoms with Gasteiger partial charge < -0.3 is 15.8 Å². The molecule has 1 aromatic carbocycles. The molecule has 19 heavy (non-hydrogen) atoms. The minimum absolute atomic E-state index is 0.0299. The van der Waals surface area contributed by atoms with Crippen molar-refractivity contribution in [3.8, 4) is 0 Å². The number of nitrogens with one attached hydrogen (secondary N) is 1. The van der Waals surface area contributed by atoms with Crippen molar-refractivity contribution >= 4 is 5.91 Å². The van der Waals surface area contributed by atoms with Crippen molar-refractivity contribution in [3.05, 3.63) is 35.4 Å². The molecular weight excluding hydrogens is 240 g/mol. The highest BCUT2D eigenvalue weighted by Crippen LogP contribution is 2.28. The number of hydrogen-bond donors (Lipinski definition) is 2. The first-order valence-corrected chi connectivity index (χ1v) is 6.64. The lowest BCUT2D eigenvalue weighted by molar-refractivity contribution is -0.131. The molecule has 3 N–H and O–H groups in total. The average molecular weight is 262 g/mol. The number of ether oxygens (including phenoxy) is 1. The number of carbonyl (C=O) groups excluding carboxylic acids is 1. The first kappa shape index (κ1) is 14.0. The van der Waals surface area contributed by atoms with Crippen LogP contribution in [0.1, 0.15) is 31.0 Å². The topological polar surface area (TPSA) is 64.3 Å². The number of hydrogen-bond acceptors (Lipinski definition) is 3. The van der Waals surface area contributed by atoms with E-state index in [2.05, 4.69) is 5.32 Å². The van der Waals surface area contributed by atoms with Gasteiger partial charge in [0.05, 0.1) is 24.7 Å². The van der Waals surface area contributed by atoms with Crippen LogP contribution in [0.3, 0.4) is 0 Å². The Bertz CT molecular complexity index is 458. The van der Waals surface area contributed by atoms with Crippen LogP contribution in [0.2, 0.25) is 0 Å². The van der Waals surface area contributed by atoms with Gasteiger partial charge in [0.15, 0.2) is 0 Å². The Morgan fingerprint density at radius 1 is 1.47 bits per heavy atom. The molecule has 2 rings (SSSR count). The molecule has 1 fully saturated rings. The van der Waals surface area contributed by atoms with Crippen LogP contribution < -0.4 is 11.1 Å². The third-order valence-corrected chi connectivity index (χ3v) is 3.96. The number of aryl methyl sites for hydroxylation is 1. The van der Waals surface area contributed by atoms with Gasteiger partial charge in [-0.1, -0.05) is 29.8 Å². The first-order valence-electron chi connectivity index (χ1n) is 6.64. The van der Waals surface area contributed by atoms with E-state index in [1.54, 1.807) is 0 Å². The predicted octanol–water partition coefficient (Wildman–Crippen LogP) is 1.54. The Hall–Kier alpha value is -1.39. The highest BCUT2D eigenvalue weighted by Gasteiger charge is 2.44. The van der Waals surface area contributed by atoms with Gasteiger partial charge in [0.1, 0.15) is 0 Å². The van der Waals surface area contributed by atoms with Crippen LogP contribution >= 0.6 is 0 Å². The van der Waals surface area contributed by atoms with Crippen LogP contribution in [-0.2, 0) is 9.53 Å². The largest absolute Gasteiger partial charge is 0.379 e. The van der Waals surface area contributed by atoms with E-state index in [-0.39, 0.29) is 18.0 Å². The van der Waals surface area contributed by atoms with E-state index in [1.165, 1.54) is 5.56 Å². The Morgan fingerprint density at radius 3 is 2.63 bits per heavy atom. The van der Waals surface area contributed by atoms with Gasteiger partial charge in [0, 0.05) is 6.04 Å². The maximum Gasteiger partial charge on any atom is 0.230 e. The number of benzene rings is 1. The Balaban J connectivity index is 2.04. The zero-order valence-corrected chi connectivity index (χ0v) is 11.8. The van der Waals surface area contributed by atoms with Gasteiger partial charge >= 0.3 is 0 Å². The predicted molar refractivity (Wildman–Crippen MR) is 74.6 cm³/mol. The van der Waals surface area contributed by atoms with E-state index in [4.69, 9.17) is 10.5 Å². The van der Waals surface area contributed by atoms with E-state index >= 15 is 0 Å². The van der Waals surface area contributed by atoms with Crippen molar-refractivity contribution in [2.24, 2.45) is 11.1 Å². The zero-order chi connectivity index (χ0) is 14.0. The van der Waals surface area contributed by atoms with Gasteiger partial charge in [-0.3, -0.25) is 4.79 Å². The third-order valence-electron chi connectivity index (χ3n) is 3.96. The van der Waals surface area contributed by atoms with Gasteiger partial charge in [-0.15, -0.1) is 0 Å². The smallest absolute Gasteiger partial charge is 0.230 e. The van der Waals surface area contributed by atoms with Crippen LogP contribution in [0.15, 0.2) is 24.3 Å². The molecule has 1 saturated heterocycles. The maximum absolute atomic E-state index is 12.4. The molecule has 0 aromatic heterocycles. The number of carbonyl (C=O) groups is 1. The second kappa shape index (κ2) is 5.31. The summed E-state index contributed by atoms with van der Waals surface area (Å²) in [4.78, 5) is 12.4. The lowest BCUT2D eigenvalue weighted by Crippen LogP contribution is -2.50. The van der Waals surface area contributed by atoms with Gasteiger partial charge in [-0.05, 0) is 26.3 Å². The molecule has 0 spiro atoms. The van der Waals surface area contributed by atoms with Gasteiger partial charge in [-0.25, -0.2) is 0 Å². The highest BCUT2D eigenvalue weighted by atomic mass is 16.5. The zero-order valence-electron chi connectivity index (χ0n) is 11.8. The first-order chi connectivity index (χ1) is 8.93. The quantitative estimate of drug-likeness (QED) is 0.868. The van der Waals surface area contributed by atoms with E-state index in [1.807, 2.05) is 45.0 Å². The summed E-state index contributed by atoms with van der Waals surface area (Å²) in [6.07, 6.45) is 0. The summed E-state index contributed by atoms with van der Waals surface area (Å²) < 4.78 is 5.31. The summed E-state index contributed by atoms with van der Waals surface area (Å²) >= 11 is 0. The monoisotopic (exact) mass is 262 g/mol. The van der Waals surface area contributed by atoms with E-state index in [9.17, 15) is 4.79 Å². The molecule has 104 valence electrons. The third kappa shape index (κ3) is 2.80. The van der Waals surface area contributed by atoms with Gasteiger partial charge in [0.2, 0.25) is 5.91 Å². The van der Waals surface area contributed by atoms with Crippen LogP contribution in [0.25, 0.3) is 0 Å². The molecular formula is C15H22N2O2. The Kier molecular flexibility index (Phi) is 3.92. The minimum Gasteiger partial charge on any atom is -0.379 e. The van der Waals surface area contributed by atoms with Crippen LogP contribution in [0, 0.1) is 12.3 Å². The average Bonchev–Trinajstić information content (AvgIpc) is 2.71. The fourth-order valence-corrected chi connectivity index (χ4v) is 2.22. The van der Waals surface area contributed by atoms with Crippen LogP contribution in [-0.4, -0.2) is 25.2 Å². The van der Waals surface area contributed by atoms with Crippen molar-refractivity contribution in [3.63, 3.8) is 0 Å². The molecule has 1 aromatic rings. The number of nitrogens with two attached hydrogens (primary N) is 1. The second-order valence-electron chi connectivity index (χ2n) is 5.64. The molecule has 2 unspecified atom stereocenters. The van der Waals surface area contributed by atoms with Gasteiger partial charge in [0.25, 0.3) is 0 Å². The molecule has 4 nitrogen and oxygen atoms in total. The lowest BCUT2D eigenvalue weighted by atomic mass is 9.84.